The lowest BCUT2D eigenvalue weighted by molar-refractivity contribution is 0.0951. The van der Waals surface area contributed by atoms with Gasteiger partial charge in [-0.25, -0.2) is 17.8 Å². The summed E-state index contributed by atoms with van der Waals surface area (Å²) in [6.07, 6.45) is 1.58. The van der Waals surface area contributed by atoms with Crippen LogP contribution in [0.25, 0.3) is 0 Å². The summed E-state index contributed by atoms with van der Waals surface area (Å²) in [6, 6.07) is 12.0. The molecule has 3 aromatic rings. The summed E-state index contributed by atoms with van der Waals surface area (Å²) in [6.45, 7) is 2.55. The van der Waals surface area contributed by atoms with Crippen LogP contribution in [0, 0.1) is 5.82 Å². The maximum absolute atomic E-state index is 13.1. The van der Waals surface area contributed by atoms with Crippen molar-refractivity contribution in [3.63, 3.8) is 0 Å². The van der Waals surface area contributed by atoms with Gasteiger partial charge >= 0.3 is 0 Å². The number of sulfonamides is 1. The average Bonchev–Trinajstić information content (AvgIpc) is 2.74. The molecule has 0 bridgehead atoms. The van der Waals surface area contributed by atoms with Gasteiger partial charge in [-0.1, -0.05) is 11.6 Å². The Morgan fingerprint density at radius 3 is 2.58 bits per heavy atom. The number of amides is 1. The van der Waals surface area contributed by atoms with Crippen molar-refractivity contribution in [1.29, 1.82) is 0 Å². The lowest BCUT2D eigenvalue weighted by atomic mass is 10.2. The zero-order valence-corrected chi connectivity index (χ0v) is 18.0. The van der Waals surface area contributed by atoms with Gasteiger partial charge in [0.25, 0.3) is 15.9 Å². The van der Waals surface area contributed by atoms with E-state index in [1.54, 1.807) is 18.3 Å². The van der Waals surface area contributed by atoms with E-state index in [0.29, 0.717) is 12.5 Å². The second-order valence-electron chi connectivity index (χ2n) is 6.37. The molecule has 2 N–H and O–H groups in total. The molecule has 1 heterocycles. The quantitative estimate of drug-likeness (QED) is 0.526. The zero-order valence-electron chi connectivity index (χ0n) is 16.4. The number of hydrogen-bond acceptors (Lipinski definition) is 5. The van der Waals surface area contributed by atoms with Crippen molar-refractivity contribution in [2.24, 2.45) is 0 Å². The van der Waals surface area contributed by atoms with Crippen molar-refractivity contribution in [1.82, 2.24) is 10.3 Å². The number of carbonyl (C=O) groups excluding carboxylic acids is 1. The predicted molar refractivity (Wildman–Crippen MR) is 115 cm³/mol. The van der Waals surface area contributed by atoms with E-state index in [1.807, 2.05) is 6.92 Å². The molecule has 0 aliphatic heterocycles. The first kappa shape index (κ1) is 22.5. The van der Waals surface area contributed by atoms with Crippen molar-refractivity contribution in [2.45, 2.75) is 18.4 Å². The minimum atomic E-state index is -4.01. The van der Waals surface area contributed by atoms with Crippen LogP contribution in [0.15, 0.2) is 65.7 Å². The number of benzene rings is 2. The van der Waals surface area contributed by atoms with Gasteiger partial charge in [0.1, 0.15) is 5.82 Å². The largest absolute Gasteiger partial charge is 0.478 e. The monoisotopic (exact) mass is 463 g/mol. The Bertz CT molecular complexity index is 1190. The Morgan fingerprint density at radius 1 is 1.13 bits per heavy atom. The molecule has 0 unspecified atom stereocenters. The summed E-state index contributed by atoms with van der Waals surface area (Å²) in [5, 5.41) is 2.86. The molecule has 31 heavy (non-hydrogen) atoms. The number of aromatic nitrogens is 1. The Morgan fingerprint density at radius 2 is 1.87 bits per heavy atom. The predicted octanol–water partition coefficient (Wildman–Crippen LogP) is 4.00. The van der Waals surface area contributed by atoms with Crippen LogP contribution in [0.4, 0.5) is 10.1 Å². The number of nitrogens with zero attached hydrogens (tertiary/aromatic N) is 1. The maximum atomic E-state index is 13.1. The molecule has 0 aliphatic rings. The highest BCUT2D eigenvalue weighted by Gasteiger charge is 2.17. The van der Waals surface area contributed by atoms with Crippen LogP contribution in [-0.4, -0.2) is 25.9 Å². The van der Waals surface area contributed by atoms with Gasteiger partial charge in [-0.3, -0.25) is 9.52 Å². The molecule has 0 saturated heterocycles. The molecule has 1 aromatic heterocycles. The zero-order chi connectivity index (χ0) is 22.4. The minimum absolute atomic E-state index is 0.0289. The number of pyridine rings is 1. The molecule has 0 atom stereocenters. The van der Waals surface area contributed by atoms with E-state index < -0.39 is 21.7 Å². The summed E-state index contributed by atoms with van der Waals surface area (Å²) in [5.74, 6) is -0.523. The number of anilines is 1. The molecule has 0 radical (unpaired) electrons. The molecule has 0 aliphatic carbocycles. The Hall–Kier alpha value is -3.17. The highest BCUT2D eigenvalue weighted by Crippen LogP contribution is 2.26. The Balaban J connectivity index is 1.73. The van der Waals surface area contributed by atoms with Gasteiger partial charge < -0.3 is 10.1 Å². The third kappa shape index (κ3) is 5.93. The van der Waals surface area contributed by atoms with Crippen LogP contribution in [0.5, 0.6) is 5.88 Å². The number of hydrogen-bond donors (Lipinski definition) is 2. The lowest BCUT2D eigenvalue weighted by Crippen LogP contribution is -2.23. The first-order valence-corrected chi connectivity index (χ1v) is 11.1. The van der Waals surface area contributed by atoms with E-state index >= 15 is 0 Å². The molecule has 1 amide bonds. The minimum Gasteiger partial charge on any atom is -0.478 e. The third-order valence-electron chi connectivity index (χ3n) is 4.14. The smallest absolute Gasteiger partial charge is 0.261 e. The summed E-state index contributed by atoms with van der Waals surface area (Å²) >= 11 is 6.10. The van der Waals surface area contributed by atoms with Crippen LogP contribution in [0.1, 0.15) is 22.8 Å². The van der Waals surface area contributed by atoms with Gasteiger partial charge in [0.2, 0.25) is 5.88 Å². The van der Waals surface area contributed by atoms with E-state index in [9.17, 15) is 17.6 Å². The average molecular weight is 464 g/mol. The van der Waals surface area contributed by atoms with Gasteiger partial charge in [0, 0.05) is 24.4 Å². The second-order valence-corrected chi connectivity index (χ2v) is 8.46. The fourth-order valence-corrected chi connectivity index (χ4v) is 3.93. The van der Waals surface area contributed by atoms with Crippen LogP contribution in [0.3, 0.4) is 0 Å². The molecule has 3 rings (SSSR count). The van der Waals surface area contributed by atoms with Gasteiger partial charge in [-0.15, -0.1) is 0 Å². The van der Waals surface area contributed by atoms with Gasteiger partial charge in [0.05, 0.1) is 22.2 Å². The van der Waals surface area contributed by atoms with Crippen LogP contribution in [0.2, 0.25) is 5.02 Å². The van der Waals surface area contributed by atoms with Gasteiger partial charge in [-0.2, -0.15) is 0 Å². The molecule has 162 valence electrons. The summed E-state index contributed by atoms with van der Waals surface area (Å²) < 4.78 is 45.8. The molecule has 0 saturated carbocycles. The number of carbonyl (C=O) groups is 1. The van der Waals surface area contributed by atoms with E-state index in [0.717, 1.165) is 29.8 Å². The lowest BCUT2D eigenvalue weighted by Gasteiger charge is -2.12. The van der Waals surface area contributed by atoms with Crippen molar-refractivity contribution in [3.05, 3.63) is 82.8 Å². The number of halogens is 2. The summed E-state index contributed by atoms with van der Waals surface area (Å²) in [7, 11) is -4.01. The van der Waals surface area contributed by atoms with Crippen molar-refractivity contribution < 1.29 is 22.3 Å². The highest BCUT2D eigenvalue weighted by molar-refractivity contribution is 7.92. The van der Waals surface area contributed by atoms with Gasteiger partial charge in [-0.05, 0) is 61.0 Å². The molecule has 10 heteroatoms. The van der Waals surface area contributed by atoms with E-state index in [-0.39, 0.29) is 27.7 Å². The fourth-order valence-electron chi connectivity index (χ4n) is 2.63. The Labute approximate surface area is 184 Å². The molecule has 7 nitrogen and oxygen atoms in total. The van der Waals surface area contributed by atoms with Crippen molar-refractivity contribution in [3.8, 4) is 5.88 Å². The summed E-state index contributed by atoms with van der Waals surface area (Å²) in [4.78, 5) is 16.5. The first-order valence-electron chi connectivity index (χ1n) is 9.22. The maximum Gasteiger partial charge on any atom is 0.261 e. The molecular weight excluding hydrogens is 445 g/mol. The van der Waals surface area contributed by atoms with E-state index in [1.165, 1.54) is 18.2 Å². The molecule has 2 aromatic carbocycles. The number of nitrogens with one attached hydrogen (secondary N) is 2. The van der Waals surface area contributed by atoms with E-state index in [2.05, 4.69) is 15.0 Å². The topological polar surface area (TPSA) is 97.4 Å². The van der Waals surface area contributed by atoms with Crippen molar-refractivity contribution >= 4 is 33.2 Å². The summed E-state index contributed by atoms with van der Waals surface area (Å²) in [5.41, 5.74) is 1.03. The third-order valence-corrected chi connectivity index (χ3v) is 5.85. The highest BCUT2D eigenvalue weighted by atomic mass is 35.5. The molecular formula is C21H19ClFN3O4S. The van der Waals surface area contributed by atoms with E-state index in [4.69, 9.17) is 16.3 Å². The standard InChI is InChI=1S/C21H19ClFN3O4S/c1-2-30-20-11-14(9-10-24-20)13-25-21(27)15-3-8-18(22)19(12-15)26-31(28,29)17-6-4-16(23)5-7-17/h3-12,26H,2,13H2,1H3,(H,25,27). The van der Waals surface area contributed by atoms with Gasteiger partial charge in [0.15, 0.2) is 0 Å². The normalized spacial score (nSPS) is 11.1. The SMILES string of the molecule is CCOc1cc(CNC(=O)c2ccc(Cl)c(NS(=O)(=O)c3ccc(F)cc3)c2)ccn1. The van der Waals surface area contributed by atoms with Crippen molar-refractivity contribution in [2.75, 3.05) is 11.3 Å². The molecule has 0 spiro atoms. The van der Waals surface area contributed by atoms with Crippen LogP contribution >= 0.6 is 11.6 Å². The fraction of sp³-hybridized carbons (Fsp3) is 0.143. The van der Waals surface area contributed by atoms with Crippen LogP contribution in [-0.2, 0) is 16.6 Å². The van der Waals surface area contributed by atoms with Crippen LogP contribution < -0.4 is 14.8 Å². The number of rotatable bonds is 8. The number of ether oxygens (including phenoxy) is 1. The second kappa shape index (κ2) is 9.76. The molecule has 0 fully saturated rings. The Kier molecular flexibility index (Phi) is 7.09. The first-order chi connectivity index (χ1) is 14.8.